The first kappa shape index (κ1) is 42.7. The molecule has 5 aromatic carbocycles. The Morgan fingerprint density at radius 1 is 0.273 bits per heavy atom. The van der Waals surface area contributed by atoms with Gasteiger partial charge in [-0.15, -0.1) is 0 Å². The predicted octanol–water partition coefficient (Wildman–Crippen LogP) is 13.0. The van der Waals surface area contributed by atoms with Gasteiger partial charge in [0.25, 0.3) is 0 Å². The molecule has 0 N–H and O–H groups in total. The fraction of sp³-hybridized carbons (Fsp3) is 0.444. The summed E-state index contributed by atoms with van der Waals surface area (Å²) in [6, 6.07) is 46.4. The Labute approximate surface area is 337 Å². The standard InChI is InChI=1S/C54H73P/c1-49(2,3)38-29-32-46(43(35-38)52(10,11)12)55(41-25-21-19-22-26-41,42-27-23-20-24-28-42,47-33-30-39(50(4,5)6)36-44(47)53(13,14)15)48-34-31-40(51(7,8)9)37-45(48)54(16,17)18/h19-37H,1-18H3. The van der Waals surface area contributed by atoms with Crippen LogP contribution < -0.4 is 26.5 Å². The van der Waals surface area contributed by atoms with Gasteiger partial charge < -0.3 is 0 Å². The van der Waals surface area contributed by atoms with Crippen LogP contribution in [0.25, 0.3) is 0 Å². The quantitative estimate of drug-likeness (QED) is 0.157. The van der Waals surface area contributed by atoms with Crippen LogP contribution in [0.1, 0.15) is 158 Å². The summed E-state index contributed by atoms with van der Waals surface area (Å²) in [5.41, 5.74) is 7.86. The molecule has 0 bridgehead atoms. The molecule has 0 radical (unpaired) electrons. The number of hydrogen-bond donors (Lipinski definition) is 0. The SMILES string of the molecule is CC(C)(C)c1ccc(P(c2ccccc2)(c2ccccc2)(c2ccc(C(C)(C)C)cc2C(C)(C)C)c2ccc(C(C)(C)C)cc2C(C)(C)C)c(C(C)(C)C)c1. The molecule has 0 heterocycles. The third-order valence-corrected chi connectivity index (χ3v) is 18.7. The van der Waals surface area contributed by atoms with Crippen molar-refractivity contribution in [2.24, 2.45) is 0 Å². The van der Waals surface area contributed by atoms with Crippen molar-refractivity contribution in [1.29, 1.82) is 0 Å². The minimum absolute atomic E-state index is 0.00960. The second-order valence-electron chi connectivity index (χ2n) is 22.5. The minimum atomic E-state index is -4.01. The van der Waals surface area contributed by atoms with Crippen LogP contribution >= 0.6 is 6.60 Å². The van der Waals surface area contributed by atoms with E-state index in [0.717, 1.165) is 0 Å². The molecule has 0 aromatic heterocycles. The Bertz CT molecular complexity index is 1910. The van der Waals surface area contributed by atoms with Crippen LogP contribution in [-0.2, 0) is 32.5 Å². The van der Waals surface area contributed by atoms with Crippen LogP contribution in [0.5, 0.6) is 0 Å². The van der Waals surface area contributed by atoms with Crippen LogP contribution in [0.2, 0.25) is 0 Å². The van der Waals surface area contributed by atoms with Crippen LogP contribution in [0.4, 0.5) is 0 Å². The first-order valence-electron chi connectivity index (χ1n) is 20.7. The molecular formula is C54H73P. The van der Waals surface area contributed by atoms with Crippen LogP contribution in [-0.4, -0.2) is 0 Å². The number of benzene rings is 5. The van der Waals surface area contributed by atoms with Crippen molar-refractivity contribution in [2.75, 3.05) is 0 Å². The molecule has 0 aliphatic rings. The third kappa shape index (κ3) is 7.32. The molecule has 5 rings (SSSR count). The van der Waals surface area contributed by atoms with Gasteiger partial charge in [-0.2, -0.15) is 0 Å². The topological polar surface area (TPSA) is 0 Å². The van der Waals surface area contributed by atoms with Crippen LogP contribution in [0.3, 0.4) is 0 Å². The van der Waals surface area contributed by atoms with E-state index in [1.807, 2.05) is 0 Å². The molecule has 294 valence electrons. The second kappa shape index (κ2) is 13.9. The molecule has 0 saturated heterocycles. The molecular weight excluding hydrogens is 680 g/mol. The Morgan fingerprint density at radius 2 is 0.509 bits per heavy atom. The van der Waals surface area contributed by atoms with E-state index in [9.17, 15) is 0 Å². The summed E-state index contributed by atoms with van der Waals surface area (Å²) in [6.07, 6.45) is 0. The molecule has 0 amide bonds. The van der Waals surface area contributed by atoms with Gasteiger partial charge in [0, 0.05) is 0 Å². The van der Waals surface area contributed by atoms with E-state index in [4.69, 9.17) is 0 Å². The Balaban J connectivity index is 2.38. The van der Waals surface area contributed by atoms with Gasteiger partial charge in [-0.05, 0) is 0 Å². The fourth-order valence-electron chi connectivity index (χ4n) is 8.80. The third-order valence-electron chi connectivity index (χ3n) is 12.0. The zero-order valence-corrected chi connectivity index (χ0v) is 38.8. The maximum atomic E-state index is 2.59. The summed E-state index contributed by atoms with van der Waals surface area (Å²) in [4.78, 5) is 0. The van der Waals surface area contributed by atoms with E-state index < -0.39 is 6.60 Å². The van der Waals surface area contributed by atoms with E-state index in [1.54, 1.807) is 0 Å². The number of hydrogen-bond acceptors (Lipinski definition) is 0. The normalized spacial score (nSPS) is 14.4. The Kier molecular flexibility index (Phi) is 10.8. The van der Waals surface area contributed by atoms with Gasteiger partial charge in [0.1, 0.15) is 0 Å². The summed E-state index contributed by atoms with van der Waals surface area (Å²) < 4.78 is 0. The Morgan fingerprint density at radius 3 is 0.709 bits per heavy atom. The van der Waals surface area contributed by atoms with Crippen molar-refractivity contribution < 1.29 is 0 Å². The monoisotopic (exact) mass is 753 g/mol. The van der Waals surface area contributed by atoms with Crippen molar-refractivity contribution in [2.45, 2.75) is 157 Å². The van der Waals surface area contributed by atoms with Gasteiger partial charge in [-0.3, -0.25) is 0 Å². The molecule has 0 nitrogen and oxygen atoms in total. The molecule has 5 aromatic rings. The maximum absolute atomic E-state index is 4.01. The van der Waals surface area contributed by atoms with Gasteiger partial charge in [0.05, 0.1) is 0 Å². The van der Waals surface area contributed by atoms with Crippen molar-refractivity contribution in [3.63, 3.8) is 0 Å². The van der Waals surface area contributed by atoms with E-state index in [0.29, 0.717) is 0 Å². The molecule has 0 atom stereocenters. The second-order valence-corrected chi connectivity index (χ2v) is 27.2. The van der Waals surface area contributed by atoms with E-state index in [-0.39, 0.29) is 32.5 Å². The summed E-state index contributed by atoms with van der Waals surface area (Å²) >= 11 is 0. The molecule has 0 fully saturated rings. The fourth-order valence-corrected chi connectivity index (χ4v) is 16.9. The van der Waals surface area contributed by atoms with Gasteiger partial charge in [0.2, 0.25) is 0 Å². The summed E-state index contributed by atoms with van der Waals surface area (Å²) in [5.74, 6) is 0. The average molecular weight is 753 g/mol. The van der Waals surface area contributed by atoms with Crippen LogP contribution in [0, 0.1) is 0 Å². The van der Waals surface area contributed by atoms with Gasteiger partial charge in [-0.1, -0.05) is 0 Å². The van der Waals surface area contributed by atoms with E-state index in [2.05, 4.69) is 240 Å². The van der Waals surface area contributed by atoms with Crippen LogP contribution in [0.15, 0.2) is 115 Å². The van der Waals surface area contributed by atoms with Crippen molar-refractivity contribution in [3.8, 4) is 0 Å². The molecule has 0 spiro atoms. The Hall–Kier alpha value is -3.47. The van der Waals surface area contributed by atoms with Gasteiger partial charge >= 0.3 is 339 Å². The summed E-state index contributed by atoms with van der Waals surface area (Å²) in [6.45, 7) is 39.1. The van der Waals surface area contributed by atoms with Gasteiger partial charge in [0.15, 0.2) is 0 Å². The van der Waals surface area contributed by atoms with Crippen molar-refractivity contribution in [3.05, 3.63) is 149 Å². The van der Waals surface area contributed by atoms with E-state index in [1.165, 1.54) is 59.9 Å². The molecule has 0 aliphatic carbocycles. The van der Waals surface area contributed by atoms with Crippen molar-refractivity contribution in [1.82, 2.24) is 0 Å². The molecule has 55 heavy (non-hydrogen) atoms. The van der Waals surface area contributed by atoms with Gasteiger partial charge in [-0.25, -0.2) is 0 Å². The van der Waals surface area contributed by atoms with E-state index >= 15 is 0 Å². The molecule has 0 unspecified atom stereocenters. The zero-order valence-electron chi connectivity index (χ0n) is 37.9. The summed E-state index contributed by atoms with van der Waals surface area (Å²) in [7, 11) is 0. The zero-order chi connectivity index (χ0) is 41.2. The first-order valence-corrected chi connectivity index (χ1v) is 22.9. The molecule has 0 saturated carbocycles. The van der Waals surface area contributed by atoms with Crippen molar-refractivity contribution >= 4 is 33.1 Å². The summed E-state index contributed by atoms with van der Waals surface area (Å²) in [5, 5.41) is 7.12. The first-order chi connectivity index (χ1) is 25.1. The molecule has 0 aliphatic heterocycles. The molecule has 1 heteroatoms. The average Bonchev–Trinajstić information content (AvgIpc) is 3.07. The number of rotatable bonds is 5. The predicted molar refractivity (Wildman–Crippen MR) is 249 cm³/mol.